The maximum Gasteiger partial charge on any atom is 0.126 e. The largest absolute Gasteiger partial charge is 0.388 e. The van der Waals surface area contributed by atoms with Gasteiger partial charge in [-0.2, -0.15) is 0 Å². The Morgan fingerprint density at radius 1 is 1.28 bits per heavy atom. The summed E-state index contributed by atoms with van der Waals surface area (Å²) in [7, 11) is 0. The molecule has 0 fully saturated rings. The van der Waals surface area contributed by atoms with Crippen molar-refractivity contribution in [3.05, 3.63) is 53.7 Å². The van der Waals surface area contributed by atoms with Crippen LogP contribution in [0.2, 0.25) is 0 Å². The van der Waals surface area contributed by atoms with Crippen LogP contribution in [0.3, 0.4) is 0 Å². The Balaban J connectivity index is 2.11. The van der Waals surface area contributed by atoms with E-state index in [2.05, 4.69) is 4.98 Å². The fourth-order valence-corrected chi connectivity index (χ4v) is 2.18. The zero-order chi connectivity index (χ0) is 13.0. The molecule has 0 spiro atoms. The van der Waals surface area contributed by atoms with Gasteiger partial charge in [0.1, 0.15) is 5.82 Å². The number of nitrogens with two attached hydrogens (primary N) is 1. The van der Waals surface area contributed by atoms with Crippen LogP contribution in [0.15, 0.2) is 47.5 Å². The molecular formula is C14H16N2OS. The lowest BCUT2D eigenvalue weighted by atomic mass is 10.0. The monoisotopic (exact) mass is 260 g/mol. The van der Waals surface area contributed by atoms with Crippen molar-refractivity contribution < 1.29 is 5.11 Å². The molecule has 1 heterocycles. The molecule has 0 aliphatic rings. The fraction of sp³-hybridized carbons (Fsp3) is 0.214. The summed E-state index contributed by atoms with van der Waals surface area (Å²) in [5, 5.41) is 10.2. The smallest absolute Gasteiger partial charge is 0.126 e. The number of aliphatic hydroxyl groups is 1. The maximum atomic E-state index is 10.2. The van der Waals surface area contributed by atoms with E-state index in [1.54, 1.807) is 18.0 Å². The summed E-state index contributed by atoms with van der Waals surface area (Å²) in [5.74, 6) is 0.484. The lowest BCUT2D eigenvalue weighted by Gasteiger charge is -2.12. The molecule has 0 aliphatic heterocycles. The number of rotatable bonds is 4. The predicted octanol–water partition coefficient (Wildman–Crippen LogP) is 2.66. The van der Waals surface area contributed by atoms with E-state index in [9.17, 15) is 5.11 Å². The van der Waals surface area contributed by atoms with Crippen molar-refractivity contribution in [1.29, 1.82) is 0 Å². The van der Waals surface area contributed by atoms with Crippen molar-refractivity contribution in [1.82, 2.24) is 4.98 Å². The average Bonchev–Trinajstić information content (AvgIpc) is 2.41. The van der Waals surface area contributed by atoms with Crippen LogP contribution in [0.1, 0.15) is 17.2 Å². The minimum Gasteiger partial charge on any atom is -0.388 e. The number of anilines is 1. The lowest BCUT2D eigenvalue weighted by Crippen LogP contribution is -2.05. The summed E-state index contributed by atoms with van der Waals surface area (Å²) in [4.78, 5) is 5.20. The third kappa shape index (κ3) is 3.03. The Labute approximate surface area is 111 Å². The van der Waals surface area contributed by atoms with Crippen LogP contribution >= 0.6 is 11.8 Å². The highest BCUT2D eigenvalue weighted by molar-refractivity contribution is 7.98. The quantitative estimate of drug-likeness (QED) is 0.830. The third-order valence-electron chi connectivity index (χ3n) is 2.84. The molecule has 94 valence electrons. The zero-order valence-electron chi connectivity index (χ0n) is 10.2. The minimum absolute atomic E-state index is 0.484. The van der Waals surface area contributed by atoms with Gasteiger partial charge in [-0.05, 0) is 35.6 Å². The van der Waals surface area contributed by atoms with E-state index < -0.39 is 6.10 Å². The average molecular weight is 260 g/mol. The van der Waals surface area contributed by atoms with Crippen molar-refractivity contribution in [2.75, 3.05) is 12.0 Å². The Morgan fingerprint density at radius 3 is 2.61 bits per heavy atom. The highest BCUT2D eigenvalue weighted by Gasteiger charge is 2.10. The van der Waals surface area contributed by atoms with Crippen LogP contribution < -0.4 is 5.73 Å². The van der Waals surface area contributed by atoms with Gasteiger partial charge < -0.3 is 10.8 Å². The maximum absolute atomic E-state index is 10.2. The lowest BCUT2D eigenvalue weighted by molar-refractivity contribution is 0.178. The molecule has 1 aromatic heterocycles. The molecular weight excluding hydrogens is 244 g/mol. The summed E-state index contributed by atoms with van der Waals surface area (Å²) in [6.07, 6.45) is 3.62. The number of nitrogen functional groups attached to an aromatic ring is 1. The molecule has 0 amide bonds. The molecule has 0 radical (unpaired) electrons. The first-order chi connectivity index (χ1) is 8.70. The number of aliphatic hydroxyl groups excluding tert-OH is 1. The number of nitrogens with zero attached hydrogens (tertiary/aromatic N) is 1. The Morgan fingerprint density at radius 2 is 2.00 bits per heavy atom. The topological polar surface area (TPSA) is 59.1 Å². The van der Waals surface area contributed by atoms with Crippen molar-refractivity contribution in [2.24, 2.45) is 0 Å². The summed E-state index contributed by atoms with van der Waals surface area (Å²) in [6, 6.07) is 11.6. The number of hydrogen-bond donors (Lipinski definition) is 2. The second-order valence-corrected chi connectivity index (χ2v) is 4.92. The summed E-state index contributed by atoms with van der Waals surface area (Å²) < 4.78 is 0. The first-order valence-electron chi connectivity index (χ1n) is 5.72. The van der Waals surface area contributed by atoms with E-state index >= 15 is 0 Å². The van der Waals surface area contributed by atoms with Gasteiger partial charge in [0.2, 0.25) is 0 Å². The number of hydrogen-bond acceptors (Lipinski definition) is 4. The van der Waals surface area contributed by atoms with Crippen molar-refractivity contribution in [2.45, 2.75) is 17.4 Å². The summed E-state index contributed by atoms with van der Waals surface area (Å²) in [5.41, 5.74) is 7.54. The number of thioether (sulfide) groups is 1. The molecule has 3 N–H and O–H groups in total. The van der Waals surface area contributed by atoms with Crippen LogP contribution in [0.4, 0.5) is 5.82 Å². The number of benzene rings is 1. The van der Waals surface area contributed by atoms with E-state index in [1.807, 2.05) is 42.7 Å². The van der Waals surface area contributed by atoms with Gasteiger partial charge in [0.05, 0.1) is 6.10 Å². The van der Waals surface area contributed by atoms with Crippen LogP contribution in [0.25, 0.3) is 0 Å². The Kier molecular flexibility index (Phi) is 4.23. The van der Waals surface area contributed by atoms with Gasteiger partial charge in [-0.25, -0.2) is 4.98 Å². The van der Waals surface area contributed by atoms with Gasteiger partial charge in [0.25, 0.3) is 0 Å². The van der Waals surface area contributed by atoms with E-state index in [0.717, 1.165) is 11.1 Å². The third-order valence-corrected chi connectivity index (χ3v) is 3.58. The van der Waals surface area contributed by atoms with Crippen LogP contribution in [0.5, 0.6) is 0 Å². The standard InChI is InChI=1S/C14H16N2OS/c1-18-12-6-4-10(5-7-12)13(17)9-11-3-2-8-16-14(11)15/h2-8,13,17H,9H2,1H3,(H2,15,16). The highest BCUT2D eigenvalue weighted by Crippen LogP contribution is 2.23. The molecule has 2 rings (SSSR count). The fourth-order valence-electron chi connectivity index (χ4n) is 1.78. The van der Waals surface area contributed by atoms with Crippen LogP contribution in [-0.2, 0) is 6.42 Å². The Hall–Kier alpha value is -1.52. The second kappa shape index (κ2) is 5.89. The molecule has 0 saturated heterocycles. The molecule has 0 saturated carbocycles. The van der Waals surface area contributed by atoms with Crippen molar-refractivity contribution >= 4 is 17.6 Å². The van der Waals surface area contributed by atoms with Gasteiger partial charge in [-0.1, -0.05) is 18.2 Å². The molecule has 3 nitrogen and oxygen atoms in total. The van der Waals surface area contributed by atoms with Gasteiger partial charge in [0, 0.05) is 17.5 Å². The van der Waals surface area contributed by atoms with Gasteiger partial charge in [0.15, 0.2) is 0 Å². The highest BCUT2D eigenvalue weighted by atomic mass is 32.2. The molecule has 1 atom stereocenters. The summed E-state index contributed by atoms with van der Waals surface area (Å²) in [6.45, 7) is 0. The molecule has 1 aromatic carbocycles. The van der Waals surface area contributed by atoms with Crippen molar-refractivity contribution in [3.8, 4) is 0 Å². The minimum atomic E-state index is -0.549. The molecule has 4 heteroatoms. The predicted molar refractivity (Wildman–Crippen MR) is 75.5 cm³/mol. The van der Waals surface area contributed by atoms with Crippen molar-refractivity contribution in [3.63, 3.8) is 0 Å². The van der Waals surface area contributed by atoms with E-state index in [0.29, 0.717) is 12.2 Å². The first kappa shape index (κ1) is 12.9. The van der Waals surface area contributed by atoms with E-state index in [-0.39, 0.29) is 0 Å². The Bertz CT molecular complexity index is 513. The number of pyridine rings is 1. The molecule has 2 aromatic rings. The van der Waals surface area contributed by atoms with Crippen LogP contribution in [-0.4, -0.2) is 16.3 Å². The zero-order valence-corrected chi connectivity index (χ0v) is 11.0. The van der Waals surface area contributed by atoms with Gasteiger partial charge in [-0.3, -0.25) is 0 Å². The van der Waals surface area contributed by atoms with Gasteiger partial charge in [-0.15, -0.1) is 11.8 Å². The van der Waals surface area contributed by atoms with E-state index in [1.165, 1.54) is 4.90 Å². The molecule has 1 unspecified atom stereocenters. The second-order valence-electron chi connectivity index (χ2n) is 4.04. The molecule has 18 heavy (non-hydrogen) atoms. The number of aromatic nitrogens is 1. The SMILES string of the molecule is CSc1ccc(C(O)Cc2cccnc2N)cc1. The van der Waals surface area contributed by atoms with E-state index in [4.69, 9.17) is 5.73 Å². The van der Waals surface area contributed by atoms with Crippen LogP contribution in [0, 0.1) is 0 Å². The first-order valence-corrected chi connectivity index (χ1v) is 6.94. The summed E-state index contributed by atoms with van der Waals surface area (Å²) >= 11 is 1.68. The van der Waals surface area contributed by atoms with Gasteiger partial charge >= 0.3 is 0 Å². The normalized spacial score (nSPS) is 12.3. The molecule has 0 bridgehead atoms. The molecule has 0 aliphatic carbocycles.